The van der Waals surface area contributed by atoms with E-state index in [1.807, 2.05) is 37.3 Å². The highest BCUT2D eigenvalue weighted by Gasteiger charge is 2.09. The molecule has 5 heteroatoms. The number of hydrogen-bond acceptors (Lipinski definition) is 4. The van der Waals surface area contributed by atoms with Crippen LogP contribution in [0.5, 0.6) is 0 Å². The summed E-state index contributed by atoms with van der Waals surface area (Å²) >= 11 is 0. The Morgan fingerprint density at radius 3 is 2.71 bits per heavy atom. The van der Waals surface area contributed by atoms with Crippen molar-refractivity contribution in [1.82, 2.24) is 0 Å². The van der Waals surface area contributed by atoms with Crippen LogP contribution in [0, 0.1) is 17.2 Å². The van der Waals surface area contributed by atoms with Crippen LogP contribution in [-0.2, 0) is 20.7 Å². The van der Waals surface area contributed by atoms with Crippen LogP contribution < -0.4 is 0 Å². The van der Waals surface area contributed by atoms with Crippen molar-refractivity contribution in [1.29, 1.82) is 5.26 Å². The van der Waals surface area contributed by atoms with Gasteiger partial charge >= 0.3 is 0 Å². The summed E-state index contributed by atoms with van der Waals surface area (Å²) in [6.07, 6.45) is 1.78. The highest BCUT2D eigenvalue weighted by molar-refractivity contribution is 7.85. The maximum absolute atomic E-state index is 11.0. The molecular weight excluding hydrogens is 286 g/mol. The lowest BCUT2D eigenvalue weighted by Crippen LogP contribution is -2.13. The average Bonchev–Trinajstić information content (AvgIpc) is 2.43. The van der Waals surface area contributed by atoms with Gasteiger partial charge in [0.1, 0.15) is 0 Å². The summed E-state index contributed by atoms with van der Waals surface area (Å²) in [5.41, 5.74) is 1.76. The first-order valence-corrected chi connectivity index (χ1v) is 8.47. The standard InChI is InChI=1S/C16H17NO3S/c1-12(11-20-21(2,18)19)8-13-6-7-16-14(9-13)4-3-5-15(16)10-17/h3-7,9,12H,8,11H2,1-2H3. The molecule has 2 aromatic carbocycles. The largest absolute Gasteiger partial charge is 0.270 e. The Hall–Kier alpha value is -1.90. The third-order valence-corrected chi connectivity index (χ3v) is 3.78. The lowest BCUT2D eigenvalue weighted by atomic mass is 9.97. The van der Waals surface area contributed by atoms with Gasteiger partial charge < -0.3 is 0 Å². The highest BCUT2D eigenvalue weighted by Crippen LogP contribution is 2.21. The van der Waals surface area contributed by atoms with E-state index in [2.05, 4.69) is 6.07 Å². The van der Waals surface area contributed by atoms with Gasteiger partial charge in [-0.15, -0.1) is 0 Å². The highest BCUT2D eigenvalue weighted by atomic mass is 32.2. The van der Waals surface area contributed by atoms with Gasteiger partial charge in [-0.05, 0) is 34.7 Å². The molecule has 0 bridgehead atoms. The van der Waals surface area contributed by atoms with Gasteiger partial charge in [-0.25, -0.2) is 0 Å². The van der Waals surface area contributed by atoms with E-state index in [0.717, 1.165) is 29.0 Å². The molecule has 0 spiro atoms. The first kappa shape index (κ1) is 15.5. The SMILES string of the molecule is CC(COS(C)(=O)=O)Cc1ccc2c(C#N)cccc2c1. The molecule has 4 nitrogen and oxygen atoms in total. The Kier molecular flexibility index (Phi) is 4.61. The van der Waals surface area contributed by atoms with Gasteiger partial charge in [-0.1, -0.05) is 37.3 Å². The number of benzene rings is 2. The monoisotopic (exact) mass is 303 g/mol. The number of fused-ring (bicyclic) bond motifs is 1. The van der Waals surface area contributed by atoms with E-state index < -0.39 is 10.1 Å². The zero-order chi connectivity index (χ0) is 15.5. The van der Waals surface area contributed by atoms with Crippen LogP contribution in [0.4, 0.5) is 0 Å². The summed E-state index contributed by atoms with van der Waals surface area (Å²) in [5.74, 6) is 0.0938. The summed E-state index contributed by atoms with van der Waals surface area (Å²) < 4.78 is 26.8. The number of hydrogen-bond donors (Lipinski definition) is 0. The van der Waals surface area contributed by atoms with Gasteiger partial charge in [0.2, 0.25) is 0 Å². The Morgan fingerprint density at radius 1 is 1.29 bits per heavy atom. The third kappa shape index (κ3) is 4.28. The second-order valence-corrected chi connectivity index (χ2v) is 6.91. The van der Waals surface area contributed by atoms with Crippen LogP contribution in [0.3, 0.4) is 0 Å². The molecule has 0 aliphatic rings. The molecule has 2 aromatic rings. The van der Waals surface area contributed by atoms with E-state index in [9.17, 15) is 8.42 Å². The molecule has 0 aliphatic carbocycles. The summed E-state index contributed by atoms with van der Waals surface area (Å²) in [5, 5.41) is 11.0. The Labute approximate surface area is 125 Å². The van der Waals surface area contributed by atoms with Crippen molar-refractivity contribution in [2.75, 3.05) is 12.9 Å². The molecule has 0 aromatic heterocycles. The predicted molar refractivity (Wildman–Crippen MR) is 82.3 cm³/mol. The lowest BCUT2D eigenvalue weighted by Gasteiger charge is -2.11. The Bertz CT molecular complexity index is 791. The fraction of sp³-hybridized carbons (Fsp3) is 0.312. The van der Waals surface area contributed by atoms with Gasteiger partial charge in [0.25, 0.3) is 10.1 Å². The van der Waals surface area contributed by atoms with Crippen LogP contribution in [0.15, 0.2) is 36.4 Å². The second kappa shape index (κ2) is 6.25. The normalized spacial score (nSPS) is 13.0. The smallest absolute Gasteiger partial charge is 0.264 e. The van der Waals surface area contributed by atoms with Gasteiger partial charge in [0.05, 0.1) is 24.5 Å². The van der Waals surface area contributed by atoms with Crippen LogP contribution in [-0.4, -0.2) is 21.3 Å². The molecule has 0 saturated heterocycles. The van der Waals surface area contributed by atoms with Gasteiger partial charge in [0, 0.05) is 0 Å². The predicted octanol–water partition coefficient (Wildman–Crippen LogP) is 2.87. The van der Waals surface area contributed by atoms with E-state index in [0.29, 0.717) is 5.56 Å². The zero-order valence-electron chi connectivity index (χ0n) is 12.0. The van der Waals surface area contributed by atoms with Crippen molar-refractivity contribution in [2.24, 2.45) is 5.92 Å². The molecule has 0 radical (unpaired) electrons. The quantitative estimate of drug-likeness (QED) is 0.797. The van der Waals surface area contributed by atoms with E-state index in [-0.39, 0.29) is 12.5 Å². The third-order valence-electron chi connectivity index (χ3n) is 3.22. The molecule has 21 heavy (non-hydrogen) atoms. The van der Waals surface area contributed by atoms with Gasteiger partial charge in [0.15, 0.2) is 0 Å². The topological polar surface area (TPSA) is 67.2 Å². The number of rotatable bonds is 5. The summed E-state index contributed by atoms with van der Waals surface area (Å²) in [6.45, 7) is 2.12. The molecular formula is C16H17NO3S. The average molecular weight is 303 g/mol. The van der Waals surface area contributed by atoms with Crippen molar-refractivity contribution in [3.63, 3.8) is 0 Å². The van der Waals surface area contributed by atoms with E-state index in [1.54, 1.807) is 6.07 Å². The lowest BCUT2D eigenvalue weighted by molar-refractivity contribution is 0.266. The van der Waals surface area contributed by atoms with Crippen LogP contribution in [0.1, 0.15) is 18.1 Å². The molecule has 1 unspecified atom stereocenters. The Morgan fingerprint density at radius 2 is 2.05 bits per heavy atom. The van der Waals surface area contributed by atoms with Crippen molar-refractivity contribution in [3.8, 4) is 6.07 Å². The minimum atomic E-state index is -3.39. The zero-order valence-corrected chi connectivity index (χ0v) is 12.9. The van der Waals surface area contributed by atoms with E-state index >= 15 is 0 Å². The van der Waals surface area contributed by atoms with E-state index in [1.165, 1.54) is 0 Å². The molecule has 0 N–H and O–H groups in total. The molecule has 1 atom stereocenters. The first-order valence-electron chi connectivity index (χ1n) is 6.65. The molecule has 110 valence electrons. The Balaban J connectivity index is 2.15. The van der Waals surface area contributed by atoms with Crippen molar-refractivity contribution >= 4 is 20.9 Å². The van der Waals surface area contributed by atoms with Crippen molar-refractivity contribution < 1.29 is 12.6 Å². The molecule has 0 saturated carbocycles. The van der Waals surface area contributed by atoms with E-state index in [4.69, 9.17) is 9.44 Å². The summed E-state index contributed by atoms with van der Waals surface area (Å²) in [6, 6.07) is 13.8. The fourth-order valence-electron chi connectivity index (χ4n) is 2.26. The van der Waals surface area contributed by atoms with Crippen molar-refractivity contribution in [2.45, 2.75) is 13.3 Å². The molecule has 2 rings (SSSR count). The molecule has 0 aliphatic heterocycles. The maximum atomic E-state index is 11.0. The summed E-state index contributed by atoms with van der Waals surface area (Å²) in [4.78, 5) is 0. The van der Waals surface area contributed by atoms with Crippen LogP contribution in [0.2, 0.25) is 0 Å². The molecule has 0 fully saturated rings. The number of nitriles is 1. The van der Waals surface area contributed by atoms with Gasteiger partial charge in [-0.3, -0.25) is 4.18 Å². The minimum Gasteiger partial charge on any atom is -0.270 e. The summed E-state index contributed by atoms with van der Waals surface area (Å²) in [7, 11) is -3.39. The van der Waals surface area contributed by atoms with Gasteiger partial charge in [-0.2, -0.15) is 13.7 Å². The van der Waals surface area contributed by atoms with Crippen molar-refractivity contribution in [3.05, 3.63) is 47.5 Å². The van der Waals surface area contributed by atoms with Crippen LogP contribution >= 0.6 is 0 Å². The first-order chi connectivity index (χ1) is 9.89. The fourth-order valence-corrected chi connectivity index (χ4v) is 2.74. The number of nitrogens with zero attached hydrogens (tertiary/aromatic N) is 1. The second-order valence-electron chi connectivity index (χ2n) is 5.27. The molecule has 0 amide bonds. The molecule has 0 heterocycles. The van der Waals surface area contributed by atoms with Crippen LogP contribution in [0.25, 0.3) is 10.8 Å². The minimum absolute atomic E-state index is 0.0938. The maximum Gasteiger partial charge on any atom is 0.264 e.